The molecule has 0 saturated heterocycles. The van der Waals surface area contributed by atoms with E-state index < -0.39 is 0 Å². The van der Waals surface area contributed by atoms with Gasteiger partial charge in [0.1, 0.15) is 0 Å². The first-order valence-corrected chi connectivity index (χ1v) is 20.3. The third-order valence-electron chi connectivity index (χ3n) is 10.9. The lowest BCUT2D eigenvalue weighted by Gasteiger charge is -2.26. The normalized spacial score (nSPS) is 11.6. The van der Waals surface area contributed by atoms with E-state index in [2.05, 4.69) is 205 Å². The molecule has 11 rings (SSSR count). The molecule has 258 valence electrons. The molecule has 0 aliphatic heterocycles. The lowest BCUT2D eigenvalue weighted by atomic mass is 9.98. The number of fused-ring (bicyclic) bond motifs is 8. The summed E-state index contributed by atoms with van der Waals surface area (Å²) in [6, 6.07) is 73.3. The van der Waals surface area contributed by atoms with E-state index in [0.717, 1.165) is 17.1 Å². The van der Waals surface area contributed by atoms with E-state index in [1.807, 2.05) is 22.7 Å². The van der Waals surface area contributed by atoms with Gasteiger partial charge in [0.15, 0.2) is 0 Å². The Morgan fingerprint density at radius 3 is 1.44 bits per heavy atom. The fraction of sp³-hybridized carbons (Fsp3) is 0. The lowest BCUT2D eigenvalue weighted by molar-refractivity contribution is 1.28. The number of benzene rings is 9. The van der Waals surface area contributed by atoms with Gasteiger partial charge in [-0.25, -0.2) is 0 Å². The Hall–Kier alpha value is -6.52. The Labute approximate surface area is 327 Å². The average molecular weight is 736 g/mol. The summed E-state index contributed by atoms with van der Waals surface area (Å²) in [4.78, 5) is 2.36. The maximum Gasteiger partial charge on any atom is 0.0462 e. The molecule has 0 amide bonds. The number of thiophene rings is 2. The molecular weight excluding hydrogens is 703 g/mol. The second-order valence-electron chi connectivity index (χ2n) is 14.1. The monoisotopic (exact) mass is 735 g/mol. The van der Waals surface area contributed by atoms with Gasteiger partial charge in [-0.1, -0.05) is 133 Å². The van der Waals surface area contributed by atoms with Crippen molar-refractivity contribution in [2.45, 2.75) is 0 Å². The third-order valence-corrected chi connectivity index (χ3v) is 13.2. The molecule has 0 aliphatic rings. The molecule has 55 heavy (non-hydrogen) atoms. The Balaban J connectivity index is 0.979. The van der Waals surface area contributed by atoms with Gasteiger partial charge in [-0.2, -0.15) is 0 Å². The van der Waals surface area contributed by atoms with Crippen LogP contribution < -0.4 is 4.90 Å². The van der Waals surface area contributed by atoms with E-state index >= 15 is 0 Å². The standard InChI is InChI=1S/C52H33NS2/c1-2-9-34(10-3-1)35-17-25-40(26-18-35)53(42-29-21-37(22-30-42)43-13-8-16-49-51(43)45-11-4-6-14-47(45)54-49)41-27-19-36(20-28-41)38-23-31-44-39(33-38)24-32-50-52(44)46-12-5-7-15-48(46)55-50/h1-33H. The Bertz CT molecular complexity index is 3170. The molecule has 3 heteroatoms. The summed E-state index contributed by atoms with van der Waals surface area (Å²) >= 11 is 3.74. The Kier molecular flexibility index (Phi) is 7.61. The van der Waals surface area contributed by atoms with Gasteiger partial charge in [-0.3, -0.25) is 0 Å². The molecule has 0 fully saturated rings. The summed E-state index contributed by atoms with van der Waals surface area (Å²) in [5.74, 6) is 0. The van der Waals surface area contributed by atoms with Crippen LogP contribution in [-0.2, 0) is 0 Å². The SMILES string of the molecule is c1ccc(-c2ccc(N(c3ccc(-c4ccc5c(ccc6sc7ccccc7c65)c4)cc3)c3ccc(-c4cccc5sc6ccccc6c45)cc3)cc2)cc1. The van der Waals surface area contributed by atoms with Gasteiger partial charge in [0, 0.05) is 57.4 Å². The molecular formula is C52H33NS2. The van der Waals surface area contributed by atoms with Gasteiger partial charge in [0.2, 0.25) is 0 Å². The van der Waals surface area contributed by atoms with Crippen molar-refractivity contribution in [2.75, 3.05) is 4.90 Å². The fourth-order valence-corrected chi connectivity index (χ4v) is 10.5. The second-order valence-corrected chi connectivity index (χ2v) is 16.3. The predicted molar refractivity (Wildman–Crippen MR) is 241 cm³/mol. The van der Waals surface area contributed by atoms with Gasteiger partial charge < -0.3 is 4.90 Å². The van der Waals surface area contributed by atoms with Crippen LogP contribution in [0.5, 0.6) is 0 Å². The first-order valence-electron chi connectivity index (χ1n) is 18.7. The van der Waals surface area contributed by atoms with Gasteiger partial charge >= 0.3 is 0 Å². The summed E-state index contributed by atoms with van der Waals surface area (Å²) in [5.41, 5.74) is 10.7. The maximum atomic E-state index is 2.36. The van der Waals surface area contributed by atoms with E-state index in [1.54, 1.807) is 0 Å². The zero-order valence-electron chi connectivity index (χ0n) is 29.8. The second kappa shape index (κ2) is 13.1. The Morgan fingerprint density at radius 2 is 0.782 bits per heavy atom. The number of nitrogens with zero attached hydrogens (tertiary/aromatic N) is 1. The molecule has 0 N–H and O–H groups in total. The van der Waals surface area contributed by atoms with Crippen LogP contribution in [0.15, 0.2) is 200 Å². The van der Waals surface area contributed by atoms with Crippen LogP contribution in [0.4, 0.5) is 17.1 Å². The topological polar surface area (TPSA) is 3.24 Å². The lowest BCUT2D eigenvalue weighted by Crippen LogP contribution is -2.09. The van der Waals surface area contributed by atoms with Crippen LogP contribution in [0, 0.1) is 0 Å². The third kappa shape index (κ3) is 5.51. The zero-order chi connectivity index (χ0) is 36.3. The molecule has 0 unspecified atom stereocenters. The molecule has 1 nitrogen and oxygen atoms in total. The van der Waals surface area contributed by atoms with Crippen molar-refractivity contribution in [3.8, 4) is 33.4 Å². The van der Waals surface area contributed by atoms with Gasteiger partial charge in [0.25, 0.3) is 0 Å². The molecule has 11 aromatic rings. The van der Waals surface area contributed by atoms with E-state index in [1.165, 1.54) is 84.5 Å². The van der Waals surface area contributed by atoms with Crippen molar-refractivity contribution < 1.29 is 0 Å². The minimum atomic E-state index is 1.11. The minimum Gasteiger partial charge on any atom is -0.311 e. The van der Waals surface area contributed by atoms with Crippen LogP contribution in [-0.4, -0.2) is 0 Å². The number of hydrogen-bond acceptors (Lipinski definition) is 3. The smallest absolute Gasteiger partial charge is 0.0462 e. The van der Waals surface area contributed by atoms with Crippen LogP contribution >= 0.6 is 22.7 Å². The molecule has 0 aliphatic carbocycles. The van der Waals surface area contributed by atoms with Crippen molar-refractivity contribution in [3.63, 3.8) is 0 Å². The highest BCUT2D eigenvalue weighted by Gasteiger charge is 2.16. The molecule has 2 heterocycles. The van der Waals surface area contributed by atoms with E-state index in [-0.39, 0.29) is 0 Å². The van der Waals surface area contributed by atoms with Crippen molar-refractivity contribution >= 4 is 90.9 Å². The summed E-state index contributed by atoms with van der Waals surface area (Å²) in [7, 11) is 0. The number of rotatable bonds is 6. The molecule has 2 aromatic heterocycles. The number of hydrogen-bond donors (Lipinski definition) is 0. The molecule has 0 radical (unpaired) electrons. The fourth-order valence-electron chi connectivity index (χ4n) is 8.22. The maximum absolute atomic E-state index is 2.36. The van der Waals surface area contributed by atoms with Crippen LogP contribution in [0.1, 0.15) is 0 Å². The summed E-state index contributed by atoms with van der Waals surface area (Å²) in [6.07, 6.45) is 0. The van der Waals surface area contributed by atoms with Crippen LogP contribution in [0.2, 0.25) is 0 Å². The van der Waals surface area contributed by atoms with Gasteiger partial charge in [-0.05, 0) is 111 Å². The highest BCUT2D eigenvalue weighted by atomic mass is 32.1. The Morgan fingerprint density at radius 1 is 0.291 bits per heavy atom. The molecule has 0 bridgehead atoms. The van der Waals surface area contributed by atoms with Crippen molar-refractivity contribution in [2.24, 2.45) is 0 Å². The molecule has 0 atom stereocenters. The molecule has 0 spiro atoms. The summed E-state index contributed by atoms with van der Waals surface area (Å²) in [5, 5.41) is 7.94. The van der Waals surface area contributed by atoms with E-state index in [9.17, 15) is 0 Å². The van der Waals surface area contributed by atoms with E-state index in [0.29, 0.717) is 0 Å². The minimum absolute atomic E-state index is 1.11. The van der Waals surface area contributed by atoms with Crippen molar-refractivity contribution in [3.05, 3.63) is 200 Å². The average Bonchev–Trinajstić information content (AvgIpc) is 3.84. The van der Waals surface area contributed by atoms with Crippen LogP contribution in [0.25, 0.3) is 84.5 Å². The predicted octanol–water partition coefficient (Wildman–Crippen LogP) is 16.0. The number of anilines is 3. The molecule has 0 saturated carbocycles. The van der Waals surface area contributed by atoms with Gasteiger partial charge in [0.05, 0.1) is 0 Å². The first kappa shape index (κ1) is 32.0. The highest BCUT2D eigenvalue weighted by Crippen LogP contribution is 2.43. The van der Waals surface area contributed by atoms with Gasteiger partial charge in [-0.15, -0.1) is 22.7 Å². The zero-order valence-corrected chi connectivity index (χ0v) is 31.4. The summed E-state index contributed by atoms with van der Waals surface area (Å²) in [6.45, 7) is 0. The van der Waals surface area contributed by atoms with Crippen molar-refractivity contribution in [1.29, 1.82) is 0 Å². The van der Waals surface area contributed by atoms with Crippen LogP contribution in [0.3, 0.4) is 0 Å². The van der Waals surface area contributed by atoms with E-state index in [4.69, 9.17) is 0 Å². The van der Waals surface area contributed by atoms with Crippen molar-refractivity contribution in [1.82, 2.24) is 0 Å². The quantitative estimate of drug-likeness (QED) is 0.164. The largest absolute Gasteiger partial charge is 0.311 e. The first-order chi connectivity index (χ1) is 27.2. The highest BCUT2D eigenvalue weighted by molar-refractivity contribution is 7.26. The molecule has 9 aromatic carbocycles. The summed E-state index contributed by atoms with van der Waals surface area (Å²) < 4.78 is 5.33.